The summed E-state index contributed by atoms with van der Waals surface area (Å²) in [6, 6.07) is 0.109. The molecule has 0 saturated carbocycles. The molecule has 0 bridgehead atoms. The Bertz CT molecular complexity index is 434. The Kier molecular flexibility index (Phi) is 2.05. The van der Waals surface area contributed by atoms with E-state index >= 15 is 0 Å². The molecule has 0 fully saturated rings. The zero-order valence-corrected chi connectivity index (χ0v) is 7.91. The number of aromatic nitrogens is 2. The van der Waals surface area contributed by atoms with Gasteiger partial charge in [0.25, 0.3) is 5.56 Å². The zero-order valence-electron chi connectivity index (χ0n) is 7.09. The zero-order chi connectivity index (χ0) is 9.42. The average Bonchev–Trinajstić information content (AvgIpc) is 2.06. The van der Waals surface area contributed by atoms with Crippen LogP contribution < -0.4 is 11.3 Å². The third kappa shape index (κ3) is 1.57. The van der Waals surface area contributed by atoms with Crippen LogP contribution in [0.3, 0.4) is 0 Å². The van der Waals surface area contributed by atoms with Gasteiger partial charge in [0.15, 0.2) is 4.77 Å². The second-order valence-corrected chi connectivity index (χ2v) is 3.78. The molecule has 4 nitrogen and oxygen atoms in total. The van der Waals surface area contributed by atoms with Gasteiger partial charge in [-0.05, 0) is 31.5 Å². The number of aromatic amines is 2. The Morgan fingerprint density at radius 1 is 1.46 bits per heavy atom. The highest BCUT2D eigenvalue weighted by molar-refractivity contribution is 7.71. The standard InChI is InChI=1S/C8H11N3OS/c9-4-1-2-6-5(3-4)7(12)11-8(13)10-6/h4H,1-3,9H2,(H2,10,11,12,13). The molecule has 13 heavy (non-hydrogen) atoms. The van der Waals surface area contributed by atoms with Crippen molar-refractivity contribution in [1.82, 2.24) is 9.97 Å². The van der Waals surface area contributed by atoms with Crippen molar-refractivity contribution in [2.45, 2.75) is 25.3 Å². The maximum absolute atomic E-state index is 11.4. The highest BCUT2D eigenvalue weighted by Crippen LogP contribution is 2.14. The van der Waals surface area contributed by atoms with Crippen LogP contribution >= 0.6 is 12.2 Å². The molecule has 1 aromatic heterocycles. The largest absolute Gasteiger partial charge is 0.336 e. The Hall–Kier alpha value is -0.940. The van der Waals surface area contributed by atoms with Crippen molar-refractivity contribution < 1.29 is 0 Å². The molecule has 1 heterocycles. The summed E-state index contributed by atoms with van der Waals surface area (Å²) in [6.45, 7) is 0. The van der Waals surface area contributed by atoms with Gasteiger partial charge in [0.1, 0.15) is 0 Å². The lowest BCUT2D eigenvalue weighted by Crippen LogP contribution is -2.33. The molecular weight excluding hydrogens is 186 g/mol. The lowest BCUT2D eigenvalue weighted by Gasteiger charge is -2.19. The van der Waals surface area contributed by atoms with Gasteiger partial charge < -0.3 is 10.7 Å². The molecule has 0 amide bonds. The van der Waals surface area contributed by atoms with Crippen LogP contribution in [0.25, 0.3) is 0 Å². The summed E-state index contributed by atoms with van der Waals surface area (Å²) in [4.78, 5) is 17.0. The van der Waals surface area contributed by atoms with Gasteiger partial charge in [0.2, 0.25) is 0 Å². The van der Waals surface area contributed by atoms with E-state index in [9.17, 15) is 4.79 Å². The Morgan fingerprint density at radius 2 is 2.23 bits per heavy atom. The van der Waals surface area contributed by atoms with Crippen molar-refractivity contribution in [3.8, 4) is 0 Å². The van der Waals surface area contributed by atoms with Crippen LogP contribution in [-0.4, -0.2) is 16.0 Å². The minimum absolute atomic E-state index is 0.0890. The molecular formula is C8H11N3OS. The number of hydrogen-bond donors (Lipinski definition) is 3. The molecule has 2 rings (SSSR count). The van der Waals surface area contributed by atoms with Crippen LogP contribution in [-0.2, 0) is 12.8 Å². The fourth-order valence-electron chi connectivity index (χ4n) is 1.68. The predicted octanol–water partition coefficient (Wildman–Crippen LogP) is 0.248. The number of H-pyrrole nitrogens is 2. The van der Waals surface area contributed by atoms with Gasteiger partial charge in [-0.1, -0.05) is 0 Å². The minimum Gasteiger partial charge on any atom is -0.336 e. The average molecular weight is 197 g/mol. The smallest absolute Gasteiger partial charge is 0.255 e. The van der Waals surface area contributed by atoms with E-state index in [0.717, 1.165) is 24.1 Å². The monoisotopic (exact) mass is 197 g/mol. The summed E-state index contributed by atoms with van der Waals surface area (Å²) < 4.78 is 0.402. The maximum atomic E-state index is 11.4. The number of nitrogens with two attached hydrogens (primary N) is 1. The lowest BCUT2D eigenvalue weighted by atomic mass is 9.93. The molecule has 1 aromatic rings. The van der Waals surface area contributed by atoms with Crippen molar-refractivity contribution in [3.05, 3.63) is 26.4 Å². The quantitative estimate of drug-likeness (QED) is 0.522. The van der Waals surface area contributed by atoms with E-state index in [1.165, 1.54) is 0 Å². The van der Waals surface area contributed by atoms with Crippen LogP contribution in [0.1, 0.15) is 17.7 Å². The molecule has 1 aliphatic rings. The number of rotatable bonds is 0. The molecule has 1 atom stereocenters. The van der Waals surface area contributed by atoms with Crippen molar-refractivity contribution in [2.75, 3.05) is 0 Å². The Balaban J connectivity index is 2.60. The Morgan fingerprint density at radius 3 is 3.00 bits per heavy atom. The molecule has 4 N–H and O–H groups in total. The second kappa shape index (κ2) is 3.08. The molecule has 0 aromatic carbocycles. The summed E-state index contributed by atoms with van der Waals surface area (Å²) in [5.74, 6) is 0. The first-order chi connectivity index (χ1) is 6.16. The van der Waals surface area contributed by atoms with Gasteiger partial charge in [-0.15, -0.1) is 0 Å². The van der Waals surface area contributed by atoms with Crippen molar-refractivity contribution in [3.63, 3.8) is 0 Å². The molecule has 5 heteroatoms. The fourth-order valence-corrected chi connectivity index (χ4v) is 1.90. The first-order valence-corrected chi connectivity index (χ1v) is 4.67. The predicted molar refractivity (Wildman–Crippen MR) is 52.2 cm³/mol. The van der Waals surface area contributed by atoms with E-state index < -0.39 is 0 Å². The molecule has 1 unspecified atom stereocenters. The van der Waals surface area contributed by atoms with E-state index in [2.05, 4.69) is 9.97 Å². The maximum Gasteiger partial charge on any atom is 0.255 e. The van der Waals surface area contributed by atoms with Gasteiger partial charge in [0, 0.05) is 17.3 Å². The normalized spacial score (nSPS) is 21.2. The van der Waals surface area contributed by atoms with Crippen molar-refractivity contribution >= 4 is 12.2 Å². The van der Waals surface area contributed by atoms with Crippen LogP contribution in [0.5, 0.6) is 0 Å². The summed E-state index contributed by atoms with van der Waals surface area (Å²) >= 11 is 4.87. The summed E-state index contributed by atoms with van der Waals surface area (Å²) in [5.41, 5.74) is 7.40. The number of aryl methyl sites for hydroxylation is 1. The van der Waals surface area contributed by atoms with Crippen LogP contribution in [0.4, 0.5) is 0 Å². The third-order valence-corrected chi connectivity index (χ3v) is 2.57. The number of hydrogen-bond acceptors (Lipinski definition) is 3. The molecule has 70 valence electrons. The van der Waals surface area contributed by atoms with E-state index in [1.54, 1.807) is 0 Å². The minimum atomic E-state index is -0.0890. The lowest BCUT2D eigenvalue weighted by molar-refractivity contribution is 0.559. The van der Waals surface area contributed by atoms with E-state index in [-0.39, 0.29) is 11.6 Å². The first-order valence-electron chi connectivity index (χ1n) is 4.27. The summed E-state index contributed by atoms with van der Waals surface area (Å²) in [5, 5.41) is 0. The van der Waals surface area contributed by atoms with Crippen molar-refractivity contribution in [1.29, 1.82) is 0 Å². The Labute approximate surface area is 80.2 Å². The van der Waals surface area contributed by atoms with Gasteiger partial charge >= 0.3 is 0 Å². The van der Waals surface area contributed by atoms with Gasteiger partial charge in [-0.3, -0.25) is 9.78 Å². The highest BCUT2D eigenvalue weighted by Gasteiger charge is 2.18. The summed E-state index contributed by atoms with van der Waals surface area (Å²) in [7, 11) is 0. The molecule has 1 aliphatic carbocycles. The van der Waals surface area contributed by atoms with Gasteiger partial charge in [-0.25, -0.2) is 0 Å². The van der Waals surface area contributed by atoms with E-state index in [4.69, 9.17) is 18.0 Å². The fraction of sp³-hybridized carbons (Fsp3) is 0.500. The van der Waals surface area contributed by atoms with E-state index in [1.807, 2.05) is 0 Å². The first kappa shape index (κ1) is 8.65. The van der Waals surface area contributed by atoms with Crippen LogP contribution in [0.2, 0.25) is 0 Å². The van der Waals surface area contributed by atoms with Crippen LogP contribution in [0.15, 0.2) is 4.79 Å². The number of fused-ring (bicyclic) bond motifs is 1. The van der Waals surface area contributed by atoms with Crippen molar-refractivity contribution in [2.24, 2.45) is 5.73 Å². The number of nitrogens with one attached hydrogen (secondary N) is 2. The topological polar surface area (TPSA) is 74.7 Å². The molecule has 0 radical (unpaired) electrons. The summed E-state index contributed by atoms with van der Waals surface area (Å²) in [6.07, 6.45) is 2.39. The van der Waals surface area contributed by atoms with Crippen LogP contribution in [0, 0.1) is 4.77 Å². The second-order valence-electron chi connectivity index (χ2n) is 3.37. The highest BCUT2D eigenvalue weighted by atomic mass is 32.1. The molecule has 0 saturated heterocycles. The van der Waals surface area contributed by atoms with Gasteiger partial charge in [-0.2, -0.15) is 0 Å². The third-order valence-electron chi connectivity index (χ3n) is 2.36. The molecule has 0 spiro atoms. The SMILES string of the molecule is NC1CCc2[nH]c(=S)[nH]c(=O)c2C1. The van der Waals surface area contributed by atoms with Gasteiger partial charge in [0.05, 0.1) is 0 Å². The van der Waals surface area contributed by atoms with E-state index in [0.29, 0.717) is 11.2 Å². The molecule has 0 aliphatic heterocycles.